The monoisotopic (exact) mass is 377 g/mol. The van der Waals surface area contributed by atoms with Crippen LogP contribution in [0.3, 0.4) is 0 Å². The maximum Gasteiger partial charge on any atom is 0.253 e. The van der Waals surface area contributed by atoms with Crippen LogP contribution in [0, 0.1) is 0 Å². The molecular formula is C18H19NO4S2. The van der Waals surface area contributed by atoms with E-state index in [1.165, 1.54) is 18.3 Å². The number of sulfone groups is 1. The van der Waals surface area contributed by atoms with Gasteiger partial charge in [-0.1, -0.05) is 18.2 Å². The second-order valence-corrected chi connectivity index (χ2v) is 9.37. The zero-order valence-corrected chi connectivity index (χ0v) is 15.5. The van der Waals surface area contributed by atoms with Crippen molar-refractivity contribution in [2.24, 2.45) is 0 Å². The van der Waals surface area contributed by atoms with Gasteiger partial charge in [-0.15, -0.1) is 11.3 Å². The van der Waals surface area contributed by atoms with E-state index in [0.717, 1.165) is 4.88 Å². The number of carbonyl (C=O) groups excluding carboxylic acids is 2. The molecule has 0 N–H and O–H groups in total. The van der Waals surface area contributed by atoms with Gasteiger partial charge in [0.05, 0.1) is 11.0 Å². The van der Waals surface area contributed by atoms with Crippen molar-refractivity contribution in [3.05, 3.63) is 57.8 Å². The van der Waals surface area contributed by atoms with E-state index in [4.69, 9.17) is 0 Å². The van der Waals surface area contributed by atoms with Gasteiger partial charge in [-0.2, -0.15) is 0 Å². The first-order valence-electron chi connectivity index (χ1n) is 8.04. The number of hydrogen-bond donors (Lipinski definition) is 0. The van der Waals surface area contributed by atoms with E-state index < -0.39 is 15.1 Å². The highest BCUT2D eigenvalue weighted by Gasteiger charge is 2.33. The third kappa shape index (κ3) is 3.82. The first-order valence-corrected chi connectivity index (χ1v) is 10.6. The average Bonchev–Trinajstić information content (AvgIpc) is 3.06. The summed E-state index contributed by atoms with van der Waals surface area (Å²) in [4.78, 5) is 26.4. The molecule has 2 aromatic rings. The van der Waals surface area contributed by atoms with Gasteiger partial charge in [0.1, 0.15) is 0 Å². The van der Waals surface area contributed by atoms with Crippen LogP contribution < -0.4 is 0 Å². The van der Waals surface area contributed by atoms with Crippen molar-refractivity contribution in [2.45, 2.75) is 18.6 Å². The smallest absolute Gasteiger partial charge is 0.253 e. The lowest BCUT2D eigenvalue weighted by Crippen LogP contribution is -2.33. The lowest BCUT2D eigenvalue weighted by atomic mass is 10.1. The average molecular weight is 377 g/mol. The molecule has 0 bridgehead atoms. The summed E-state index contributed by atoms with van der Waals surface area (Å²) in [5, 5.41) is 1.33. The molecule has 1 amide bonds. The van der Waals surface area contributed by atoms with Gasteiger partial charge in [0.15, 0.2) is 15.6 Å². The van der Waals surface area contributed by atoms with Crippen molar-refractivity contribution < 1.29 is 18.0 Å². The Balaban J connectivity index is 1.78. The second-order valence-electron chi connectivity index (χ2n) is 6.09. The van der Waals surface area contributed by atoms with Gasteiger partial charge in [0.2, 0.25) is 0 Å². The largest absolute Gasteiger partial charge is 0.338 e. The van der Waals surface area contributed by atoms with E-state index in [0.29, 0.717) is 24.1 Å². The summed E-state index contributed by atoms with van der Waals surface area (Å²) < 4.78 is 25.1. The molecule has 1 aromatic carbocycles. The number of nitrogens with zero attached hydrogens (tertiary/aromatic N) is 1. The minimum absolute atomic E-state index is 0.0349. The Morgan fingerprint density at radius 1 is 1.08 bits per heavy atom. The lowest BCUT2D eigenvalue weighted by Gasteiger charge is -2.20. The van der Waals surface area contributed by atoms with Crippen LogP contribution >= 0.6 is 11.3 Å². The molecule has 1 aromatic heterocycles. The summed E-state index contributed by atoms with van der Waals surface area (Å²) in [6.45, 7) is 2.06. The van der Waals surface area contributed by atoms with Crippen molar-refractivity contribution >= 4 is 32.9 Å². The zero-order valence-electron chi connectivity index (χ0n) is 13.8. The summed E-state index contributed by atoms with van der Waals surface area (Å²) >= 11 is 1.44. The number of ketones is 1. The van der Waals surface area contributed by atoms with Crippen molar-refractivity contribution in [2.75, 3.05) is 18.8 Å². The molecule has 0 radical (unpaired) electrons. The maximum atomic E-state index is 12.7. The van der Waals surface area contributed by atoms with E-state index >= 15 is 0 Å². The van der Waals surface area contributed by atoms with Crippen LogP contribution in [-0.4, -0.2) is 43.9 Å². The van der Waals surface area contributed by atoms with Gasteiger partial charge in [-0.3, -0.25) is 9.59 Å². The Morgan fingerprint density at radius 2 is 1.76 bits per heavy atom. The third-order valence-electron chi connectivity index (χ3n) is 4.43. The number of amides is 1. The summed E-state index contributed by atoms with van der Waals surface area (Å²) in [6, 6.07) is 10.2. The van der Waals surface area contributed by atoms with Gasteiger partial charge in [-0.25, -0.2) is 8.42 Å². The molecule has 132 valence electrons. The fourth-order valence-electron chi connectivity index (χ4n) is 2.97. The van der Waals surface area contributed by atoms with Crippen molar-refractivity contribution in [1.82, 2.24) is 4.90 Å². The second kappa shape index (κ2) is 7.09. The number of Topliss-reactive ketones (excluding diaryl/α,β-unsaturated/α-hetero) is 1. The van der Waals surface area contributed by atoms with Crippen LogP contribution in [0.1, 0.15) is 44.2 Å². The summed E-state index contributed by atoms with van der Waals surface area (Å²) in [5.41, 5.74) is 1.02. The molecule has 5 nitrogen and oxygen atoms in total. The summed E-state index contributed by atoms with van der Waals surface area (Å²) in [5.74, 6) is -0.289. The molecule has 1 fully saturated rings. The number of hydrogen-bond acceptors (Lipinski definition) is 5. The SMILES string of the molecule is CC(=O)c1ccc(C(=O)N2CCC(c3cccs3)S(=O)(=O)CC2)cc1. The highest BCUT2D eigenvalue weighted by atomic mass is 32.2. The van der Waals surface area contributed by atoms with Crippen molar-refractivity contribution in [3.8, 4) is 0 Å². The van der Waals surface area contributed by atoms with E-state index in [-0.39, 0.29) is 24.0 Å². The molecule has 1 unspecified atom stereocenters. The number of rotatable bonds is 3. The van der Waals surface area contributed by atoms with Crippen molar-refractivity contribution in [3.63, 3.8) is 0 Å². The minimum Gasteiger partial charge on any atom is -0.338 e. The summed E-state index contributed by atoms with van der Waals surface area (Å²) in [7, 11) is -3.28. The Labute approximate surface area is 151 Å². The van der Waals surface area contributed by atoms with Crippen LogP contribution in [0.4, 0.5) is 0 Å². The normalized spacial score (nSPS) is 20.0. The molecule has 0 spiro atoms. The first kappa shape index (κ1) is 17.8. The van der Waals surface area contributed by atoms with Gasteiger partial charge in [0, 0.05) is 29.1 Å². The number of thiophene rings is 1. The molecule has 1 aliphatic rings. The Bertz CT molecular complexity index is 870. The molecule has 1 saturated heterocycles. The van der Waals surface area contributed by atoms with E-state index in [1.54, 1.807) is 29.2 Å². The fraction of sp³-hybridized carbons (Fsp3) is 0.333. The van der Waals surface area contributed by atoms with Gasteiger partial charge in [0.25, 0.3) is 5.91 Å². The highest BCUT2D eigenvalue weighted by Crippen LogP contribution is 2.32. The molecule has 1 atom stereocenters. The predicted molar refractivity (Wildman–Crippen MR) is 97.8 cm³/mol. The first-order chi connectivity index (χ1) is 11.9. The van der Waals surface area contributed by atoms with Crippen LogP contribution in [-0.2, 0) is 9.84 Å². The highest BCUT2D eigenvalue weighted by molar-refractivity contribution is 7.91. The number of carbonyl (C=O) groups is 2. The van der Waals surface area contributed by atoms with Crippen LogP contribution in [0.25, 0.3) is 0 Å². The molecule has 2 heterocycles. The van der Waals surface area contributed by atoms with Crippen LogP contribution in [0.15, 0.2) is 41.8 Å². The van der Waals surface area contributed by atoms with E-state index in [9.17, 15) is 18.0 Å². The van der Waals surface area contributed by atoms with Gasteiger partial charge < -0.3 is 4.90 Å². The molecule has 1 aliphatic heterocycles. The van der Waals surface area contributed by atoms with E-state index in [1.807, 2.05) is 17.5 Å². The molecule has 25 heavy (non-hydrogen) atoms. The lowest BCUT2D eigenvalue weighted by molar-refractivity contribution is 0.0766. The molecule has 0 aliphatic carbocycles. The minimum atomic E-state index is -3.28. The zero-order chi connectivity index (χ0) is 18.0. The molecule has 3 rings (SSSR count). The molecular weight excluding hydrogens is 358 g/mol. The van der Waals surface area contributed by atoms with E-state index in [2.05, 4.69) is 0 Å². The van der Waals surface area contributed by atoms with Gasteiger partial charge in [-0.05, 0) is 36.9 Å². The van der Waals surface area contributed by atoms with Gasteiger partial charge >= 0.3 is 0 Å². The number of benzene rings is 1. The predicted octanol–water partition coefficient (Wildman–Crippen LogP) is 2.95. The maximum absolute atomic E-state index is 12.7. The Hall–Kier alpha value is -1.99. The Morgan fingerprint density at radius 3 is 2.36 bits per heavy atom. The fourth-order valence-corrected chi connectivity index (χ4v) is 5.97. The topological polar surface area (TPSA) is 71.5 Å². The standard InChI is InChI=1S/C18H19NO4S2/c1-13(20)14-4-6-15(7-5-14)18(21)19-9-8-17(16-3-2-11-24-16)25(22,23)12-10-19/h2-7,11,17H,8-10,12H2,1H3. The molecule has 0 saturated carbocycles. The van der Waals surface area contributed by atoms with Crippen molar-refractivity contribution in [1.29, 1.82) is 0 Å². The summed E-state index contributed by atoms with van der Waals surface area (Å²) in [6.07, 6.45) is 0.403. The molecule has 7 heteroatoms. The third-order valence-corrected chi connectivity index (χ3v) is 7.67. The van der Waals surface area contributed by atoms with Crippen LogP contribution in [0.2, 0.25) is 0 Å². The Kier molecular flexibility index (Phi) is 5.06. The van der Waals surface area contributed by atoms with Crippen LogP contribution in [0.5, 0.6) is 0 Å². The quantitative estimate of drug-likeness (QED) is 0.771.